The SMILES string of the molecule is CC1CCC(c2cc(F)c(-c3cc(F)c(CF)c(F)c3)c(F)c2)OC1.N#Cc1ccc(OF)cc1. The van der Waals surface area contributed by atoms with E-state index in [0.717, 1.165) is 30.7 Å². The average molecular weight is 493 g/mol. The Bertz CT molecular complexity index is 1160. The molecule has 2 unspecified atom stereocenters. The number of alkyl halides is 1. The monoisotopic (exact) mass is 493 g/mol. The van der Waals surface area contributed by atoms with Crippen LogP contribution < -0.4 is 4.94 Å². The summed E-state index contributed by atoms with van der Waals surface area (Å²) < 4.78 is 85.9. The summed E-state index contributed by atoms with van der Waals surface area (Å²) in [6.45, 7) is 1.21. The maximum absolute atomic E-state index is 14.5. The molecule has 0 radical (unpaired) electrons. The van der Waals surface area contributed by atoms with E-state index in [0.29, 0.717) is 30.1 Å². The van der Waals surface area contributed by atoms with Gasteiger partial charge in [-0.1, -0.05) is 6.92 Å². The zero-order chi connectivity index (χ0) is 25.5. The van der Waals surface area contributed by atoms with E-state index in [-0.39, 0.29) is 11.3 Å². The second-order valence-corrected chi connectivity index (χ2v) is 8.13. The first kappa shape index (κ1) is 26.1. The minimum absolute atomic E-state index is 0.110. The molecule has 1 saturated heterocycles. The molecule has 0 bridgehead atoms. The molecule has 0 saturated carbocycles. The molecule has 0 N–H and O–H groups in total. The Morgan fingerprint density at radius 1 is 0.943 bits per heavy atom. The Kier molecular flexibility index (Phi) is 8.77. The van der Waals surface area contributed by atoms with Crippen molar-refractivity contribution in [1.29, 1.82) is 5.26 Å². The topological polar surface area (TPSA) is 42.2 Å². The molecule has 3 nitrogen and oxygen atoms in total. The summed E-state index contributed by atoms with van der Waals surface area (Å²) in [5.41, 5.74) is -0.776. The molecule has 0 spiro atoms. The van der Waals surface area contributed by atoms with E-state index in [4.69, 9.17) is 10.00 Å². The van der Waals surface area contributed by atoms with Crippen molar-refractivity contribution >= 4 is 0 Å². The molecule has 1 aliphatic heterocycles. The minimum Gasteiger partial charge on any atom is -0.373 e. The first-order valence-electron chi connectivity index (χ1n) is 10.7. The zero-order valence-corrected chi connectivity index (χ0v) is 18.6. The van der Waals surface area contributed by atoms with Gasteiger partial charge in [0, 0.05) is 11.1 Å². The van der Waals surface area contributed by atoms with E-state index in [1.807, 2.05) is 13.0 Å². The van der Waals surface area contributed by atoms with Gasteiger partial charge in [0.05, 0.1) is 28.9 Å². The Labute approximate surface area is 198 Å². The first-order chi connectivity index (χ1) is 16.8. The summed E-state index contributed by atoms with van der Waals surface area (Å²) in [6.07, 6.45) is 1.13. The number of benzene rings is 3. The third-order valence-corrected chi connectivity index (χ3v) is 5.58. The molecule has 1 heterocycles. The van der Waals surface area contributed by atoms with E-state index in [1.165, 1.54) is 24.3 Å². The van der Waals surface area contributed by atoms with Gasteiger partial charge in [-0.25, -0.2) is 22.0 Å². The van der Waals surface area contributed by atoms with Gasteiger partial charge in [-0.05, 0) is 78.4 Å². The van der Waals surface area contributed by atoms with Crippen LogP contribution in [0.15, 0.2) is 48.5 Å². The lowest BCUT2D eigenvalue weighted by molar-refractivity contribution is -0.0126. The number of nitriles is 1. The van der Waals surface area contributed by atoms with Crippen LogP contribution in [0.2, 0.25) is 0 Å². The van der Waals surface area contributed by atoms with Gasteiger partial charge >= 0.3 is 0 Å². The largest absolute Gasteiger partial charge is 0.373 e. The van der Waals surface area contributed by atoms with Crippen LogP contribution in [0.1, 0.15) is 42.6 Å². The highest BCUT2D eigenvalue weighted by Gasteiger charge is 2.24. The third kappa shape index (κ3) is 6.34. The quantitative estimate of drug-likeness (QED) is 0.350. The van der Waals surface area contributed by atoms with Gasteiger partial charge in [0.1, 0.15) is 29.9 Å². The summed E-state index contributed by atoms with van der Waals surface area (Å²) in [7, 11) is 0. The summed E-state index contributed by atoms with van der Waals surface area (Å²) in [6, 6.07) is 11.4. The minimum atomic E-state index is -1.33. The highest BCUT2D eigenvalue weighted by atomic mass is 19.3. The standard InChI is InChI=1S/C19H17F5O.C7H4FNO/c1-10-2-3-18(25-9-10)11-4-16(23)19(17(24)5-11)12-6-14(21)13(8-20)15(22)7-12;8-10-7-3-1-6(5-9)2-4-7/h4-7,10,18H,2-3,8-9H2,1H3;1-4H. The van der Waals surface area contributed by atoms with Crippen molar-refractivity contribution in [1.82, 2.24) is 0 Å². The highest BCUT2D eigenvalue weighted by molar-refractivity contribution is 5.66. The van der Waals surface area contributed by atoms with Gasteiger partial charge in [-0.2, -0.15) is 5.26 Å². The Morgan fingerprint density at radius 3 is 2.00 bits per heavy atom. The predicted molar refractivity (Wildman–Crippen MR) is 117 cm³/mol. The molecule has 184 valence electrons. The average Bonchev–Trinajstić information content (AvgIpc) is 2.84. The van der Waals surface area contributed by atoms with Crippen molar-refractivity contribution in [2.24, 2.45) is 5.92 Å². The fourth-order valence-electron chi connectivity index (χ4n) is 3.66. The summed E-state index contributed by atoms with van der Waals surface area (Å²) in [4.78, 5) is 3.40. The predicted octanol–water partition coefficient (Wildman–Crippen LogP) is 7.69. The van der Waals surface area contributed by atoms with Crippen LogP contribution in [0.3, 0.4) is 0 Å². The lowest BCUT2D eigenvalue weighted by Gasteiger charge is -2.27. The summed E-state index contributed by atoms with van der Waals surface area (Å²) >= 11 is 0. The molecular formula is C26H21F6NO2. The van der Waals surface area contributed by atoms with Crippen molar-refractivity contribution in [3.63, 3.8) is 0 Å². The summed E-state index contributed by atoms with van der Waals surface area (Å²) in [5, 5.41) is 8.32. The van der Waals surface area contributed by atoms with Crippen molar-refractivity contribution in [3.8, 4) is 22.9 Å². The van der Waals surface area contributed by atoms with E-state index < -0.39 is 47.2 Å². The second-order valence-electron chi connectivity index (χ2n) is 8.13. The smallest absolute Gasteiger partial charge is 0.171 e. The lowest BCUT2D eigenvalue weighted by Crippen LogP contribution is -2.18. The molecular weight excluding hydrogens is 472 g/mol. The highest BCUT2D eigenvalue weighted by Crippen LogP contribution is 2.35. The van der Waals surface area contributed by atoms with Crippen LogP contribution in [-0.2, 0) is 11.4 Å². The van der Waals surface area contributed by atoms with Gasteiger partial charge in [-0.3, -0.25) is 4.94 Å². The molecule has 2 atom stereocenters. The van der Waals surface area contributed by atoms with Crippen LogP contribution in [0.25, 0.3) is 11.1 Å². The second kappa shape index (κ2) is 11.8. The van der Waals surface area contributed by atoms with Gasteiger partial charge < -0.3 is 4.74 Å². The Morgan fingerprint density at radius 2 is 1.54 bits per heavy atom. The van der Waals surface area contributed by atoms with Gasteiger partial charge in [0.2, 0.25) is 0 Å². The maximum atomic E-state index is 14.5. The molecule has 3 aromatic rings. The fraction of sp³-hybridized carbons (Fsp3) is 0.269. The number of nitrogens with zero attached hydrogens (tertiary/aromatic N) is 1. The number of rotatable bonds is 4. The Hall–Kier alpha value is -3.51. The lowest BCUT2D eigenvalue weighted by atomic mass is 9.93. The van der Waals surface area contributed by atoms with E-state index in [2.05, 4.69) is 4.94 Å². The summed E-state index contributed by atoms with van der Waals surface area (Å²) in [5.74, 6) is -3.73. The van der Waals surface area contributed by atoms with Gasteiger partial charge in [0.15, 0.2) is 5.75 Å². The number of hydrogen-bond donors (Lipinski definition) is 0. The zero-order valence-electron chi connectivity index (χ0n) is 18.6. The van der Waals surface area contributed by atoms with Crippen LogP contribution in [0, 0.1) is 40.5 Å². The van der Waals surface area contributed by atoms with E-state index in [9.17, 15) is 26.5 Å². The molecule has 1 aliphatic rings. The van der Waals surface area contributed by atoms with Gasteiger partial charge in [-0.15, -0.1) is 0 Å². The van der Waals surface area contributed by atoms with Crippen molar-refractivity contribution < 1.29 is 36.2 Å². The molecule has 0 aromatic heterocycles. The molecule has 3 aromatic carbocycles. The molecule has 4 rings (SSSR count). The fourth-order valence-corrected chi connectivity index (χ4v) is 3.66. The molecule has 9 heteroatoms. The van der Waals surface area contributed by atoms with Crippen LogP contribution in [0.5, 0.6) is 5.75 Å². The number of halogens is 6. The van der Waals surface area contributed by atoms with E-state index >= 15 is 0 Å². The van der Waals surface area contributed by atoms with Crippen LogP contribution in [-0.4, -0.2) is 6.61 Å². The molecule has 1 fully saturated rings. The van der Waals surface area contributed by atoms with Crippen molar-refractivity contribution in [3.05, 3.63) is 88.5 Å². The maximum Gasteiger partial charge on any atom is 0.171 e. The Balaban J connectivity index is 0.000000287. The van der Waals surface area contributed by atoms with E-state index in [1.54, 1.807) is 0 Å². The third-order valence-electron chi connectivity index (χ3n) is 5.58. The van der Waals surface area contributed by atoms with Crippen LogP contribution in [0.4, 0.5) is 26.5 Å². The van der Waals surface area contributed by atoms with Gasteiger partial charge in [0.25, 0.3) is 0 Å². The molecule has 35 heavy (non-hydrogen) atoms. The van der Waals surface area contributed by atoms with Crippen LogP contribution >= 0.6 is 0 Å². The first-order valence-corrected chi connectivity index (χ1v) is 10.7. The van der Waals surface area contributed by atoms with Crippen molar-refractivity contribution in [2.45, 2.75) is 32.5 Å². The number of ether oxygens (including phenoxy) is 1. The molecule has 0 amide bonds. The normalized spacial score (nSPS) is 17.2. The number of hydrogen-bond acceptors (Lipinski definition) is 3. The molecule has 0 aliphatic carbocycles. The van der Waals surface area contributed by atoms with Crippen molar-refractivity contribution in [2.75, 3.05) is 6.61 Å².